The Kier molecular flexibility index (Phi) is 4.36. The third kappa shape index (κ3) is 3.34. The number of hydrogen-bond acceptors (Lipinski definition) is 3. The SMILES string of the molecule is CC(Cc1ccsc1)NC(=O)c1cccc2c1CCNC2. The van der Waals surface area contributed by atoms with E-state index in [-0.39, 0.29) is 11.9 Å². The Morgan fingerprint density at radius 2 is 2.33 bits per heavy atom. The quantitative estimate of drug-likeness (QED) is 0.911. The van der Waals surface area contributed by atoms with Gasteiger partial charge in [0.25, 0.3) is 5.91 Å². The number of hydrogen-bond donors (Lipinski definition) is 2. The smallest absolute Gasteiger partial charge is 0.251 e. The average Bonchev–Trinajstić information content (AvgIpc) is 2.99. The van der Waals surface area contributed by atoms with Gasteiger partial charge in [0.2, 0.25) is 0 Å². The van der Waals surface area contributed by atoms with Gasteiger partial charge in [0, 0.05) is 18.2 Å². The highest BCUT2D eigenvalue weighted by Crippen LogP contribution is 2.19. The summed E-state index contributed by atoms with van der Waals surface area (Å²) in [5, 5.41) is 10.7. The highest BCUT2D eigenvalue weighted by Gasteiger charge is 2.18. The molecule has 1 aromatic carbocycles. The minimum Gasteiger partial charge on any atom is -0.349 e. The Morgan fingerprint density at radius 1 is 1.43 bits per heavy atom. The Labute approximate surface area is 129 Å². The fourth-order valence-electron chi connectivity index (χ4n) is 2.86. The second kappa shape index (κ2) is 6.41. The van der Waals surface area contributed by atoms with E-state index in [1.165, 1.54) is 16.7 Å². The first-order chi connectivity index (χ1) is 10.2. The molecular formula is C17H20N2OS. The van der Waals surface area contributed by atoms with Crippen LogP contribution in [0.5, 0.6) is 0 Å². The molecule has 2 aromatic rings. The van der Waals surface area contributed by atoms with Crippen molar-refractivity contribution >= 4 is 17.2 Å². The van der Waals surface area contributed by atoms with Gasteiger partial charge in [0.1, 0.15) is 0 Å². The Balaban J connectivity index is 1.70. The summed E-state index contributed by atoms with van der Waals surface area (Å²) in [4.78, 5) is 12.5. The summed E-state index contributed by atoms with van der Waals surface area (Å²) in [6, 6.07) is 8.28. The second-order valence-electron chi connectivity index (χ2n) is 5.58. The van der Waals surface area contributed by atoms with Crippen LogP contribution in [0.3, 0.4) is 0 Å². The normalized spacial score (nSPS) is 15.3. The van der Waals surface area contributed by atoms with E-state index in [9.17, 15) is 4.79 Å². The van der Waals surface area contributed by atoms with Crippen LogP contribution in [-0.2, 0) is 19.4 Å². The van der Waals surface area contributed by atoms with Gasteiger partial charge in [-0.25, -0.2) is 0 Å². The summed E-state index contributed by atoms with van der Waals surface area (Å²) in [7, 11) is 0. The molecule has 2 N–H and O–H groups in total. The predicted octanol–water partition coefficient (Wildman–Crippen LogP) is 2.75. The standard InChI is InChI=1S/C17H20N2OS/c1-12(9-13-6-8-21-11-13)19-17(20)16-4-2-3-14-10-18-7-5-15(14)16/h2-4,6,8,11-12,18H,5,7,9-10H2,1H3,(H,19,20). The molecular weight excluding hydrogens is 280 g/mol. The van der Waals surface area contributed by atoms with Crippen LogP contribution in [0.4, 0.5) is 0 Å². The molecule has 0 aliphatic carbocycles. The third-order valence-corrected chi connectivity index (χ3v) is 4.62. The molecule has 3 rings (SSSR count). The number of amides is 1. The van der Waals surface area contributed by atoms with E-state index in [1.807, 2.05) is 12.1 Å². The van der Waals surface area contributed by atoms with Gasteiger partial charge in [-0.15, -0.1) is 0 Å². The molecule has 1 aliphatic rings. The van der Waals surface area contributed by atoms with Crippen molar-refractivity contribution in [3.05, 3.63) is 57.3 Å². The van der Waals surface area contributed by atoms with Crippen molar-refractivity contribution in [3.63, 3.8) is 0 Å². The van der Waals surface area contributed by atoms with Crippen molar-refractivity contribution < 1.29 is 4.79 Å². The van der Waals surface area contributed by atoms with Gasteiger partial charge in [-0.05, 0) is 65.9 Å². The molecule has 0 bridgehead atoms. The third-order valence-electron chi connectivity index (χ3n) is 3.88. The molecule has 1 amide bonds. The summed E-state index contributed by atoms with van der Waals surface area (Å²) in [6.45, 7) is 3.87. The van der Waals surface area contributed by atoms with Crippen molar-refractivity contribution in [1.29, 1.82) is 0 Å². The largest absolute Gasteiger partial charge is 0.349 e. The molecule has 21 heavy (non-hydrogen) atoms. The first kappa shape index (κ1) is 14.3. The van der Waals surface area contributed by atoms with Crippen molar-refractivity contribution in [2.24, 2.45) is 0 Å². The number of carbonyl (C=O) groups is 1. The second-order valence-corrected chi connectivity index (χ2v) is 6.36. The molecule has 0 saturated carbocycles. The maximum Gasteiger partial charge on any atom is 0.251 e. The van der Waals surface area contributed by atoms with Gasteiger partial charge in [0.15, 0.2) is 0 Å². The summed E-state index contributed by atoms with van der Waals surface area (Å²) in [5.74, 6) is 0.0523. The lowest BCUT2D eigenvalue weighted by molar-refractivity contribution is 0.0939. The molecule has 0 radical (unpaired) electrons. The fourth-order valence-corrected chi connectivity index (χ4v) is 3.54. The molecule has 1 aliphatic heterocycles. The number of benzene rings is 1. The van der Waals surface area contributed by atoms with Crippen LogP contribution in [0.1, 0.15) is 34.0 Å². The number of nitrogens with one attached hydrogen (secondary N) is 2. The van der Waals surface area contributed by atoms with E-state index < -0.39 is 0 Å². The Morgan fingerprint density at radius 3 is 3.14 bits per heavy atom. The molecule has 110 valence electrons. The maximum atomic E-state index is 12.5. The summed E-state index contributed by atoms with van der Waals surface area (Å²) < 4.78 is 0. The maximum absolute atomic E-state index is 12.5. The number of thiophene rings is 1. The van der Waals surface area contributed by atoms with Gasteiger partial charge in [-0.3, -0.25) is 4.79 Å². The monoisotopic (exact) mass is 300 g/mol. The molecule has 1 aromatic heterocycles. The van der Waals surface area contributed by atoms with E-state index in [4.69, 9.17) is 0 Å². The van der Waals surface area contributed by atoms with E-state index in [1.54, 1.807) is 11.3 Å². The van der Waals surface area contributed by atoms with Crippen molar-refractivity contribution in [1.82, 2.24) is 10.6 Å². The van der Waals surface area contributed by atoms with Crippen LogP contribution >= 0.6 is 11.3 Å². The van der Waals surface area contributed by atoms with E-state index >= 15 is 0 Å². The fraction of sp³-hybridized carbons (Fsp3) is 0.353. The van der Waals surface area contributed by atoms with Crippen molar-refractivity contribution in [2.45, 2.75) is 32.4 Å². The van der Waals surface area contributed by atoms with Gasteiger partial charge in [-0.2, -0.15) is 11.3 Å². The zero-order chi connectivity index (χ0) is 14.7. The number of rotatable bonds is 4. The lowest BCUT2D eigenvalue weighted by Crippen LogP contribution is -2.35. The minimum absolute atomic E-state index is 0.0523. The van der Waals surface area contributed by atoms with Crippen LogP contribution in [0.2, 0.25) is 0 Å². The number of carbonyl (C=O) groups excluding carboxylic acids is 1. The molecule has 0 spiro atoms. The first-order valence-electron chi connectivity index (χ1n) is 7.37. The highest BCUT2D eigenvalue weighted by molar-refractivity contribution is 7.07. The van der Waals surface area contributed by atoms with Gasteiger partial charge < -0.3 is 10.6 Å². The van der Waals surface area contributed by atoms with Crippen LogP contribution in [0, 0.1) is 0 Å². The first-order valence-corrected chi connectivity index (χ1v) is 8.32. The van der Waals surface area contributed by atoms with E-state index in [0.29, 0.717) is 0 Å². The van der Waals surface area contributed by atoms with Crippen LogP contribution in [0.15, 0.2) is 35.0 Å². The summed E-state index contributed by atoms with van der Waals surface area (Å²) in [5.41, 5.74) is 4.58. The average molecular weight is 300 g/mol. The van der Waals surface area contributed by atoms with Crippen molar-refractivity contribution in [3.8, 4) is 0 Å². The molecule has 3 nitrogen and oxygen atoms in total. The lowest BCUT2D eigenvalue weighted by Gasteiger charge is -2.21. The van der Waals surface area contributed by atoms with E-state index in [0.717, 1.165) is 31.5 Å². The van der Waals surface area contributed by atoms with Gasteiger partial charge in [0.05, 0.1) is 0 Å². The van der Waals surface area contributed by atoms with Crippen molar-refractivity contribution in [2.75, 3.05) is 6.54 Å². The summed E-state index contributed by atoms with van der Waals surface area (Å²) in [6.07, 6.45) is 1.81. The molecule has 0 saturated heterocycles. The van der Waals surface area contributed by atoms with Gasteiger partial charge in [-0.1, -0.05) is 12.1 Å². The molecule has 1 atom stereocenters. The number of fused-ring (bicyclic) bond motifs is 1. The molecule has 2 heterocycles. The van der Waals surface area contributed by atoms with Crippen LogP contribution in [0.25, 0.3) is 0 Å². The Hall–Kier alpha value is -1.65. The predicted molar refractivity (Wildman–Crippen MR) is 86.8 cm³/mol. The lowest BCUT2D eigenvalue weighted by atomic mass is 9.95. The molecule has 0 fully saturated rings. The topological polar surface area (TPSA) is 41.1 Å². The molecule has 1 unspecified atom stereocenters. The summed E-state index contributed by atoms with van der Waals surface area (Å²) >= 11 is 1.70. The Bertz CT molecular complexity index is 622. The molecule has 4 heteroatoms. The van der Waals surface area contributed by atoms with Crippen LogP contribution in [-0.4, -0.2) is 18.5 Å². The zero-order valence-corrected chi connectivity index (χ0v) is 13.0. The van der Waals surface area contributed by atoms with Crippen LogP contribution < -0.4 is 10.6 Å². The van der Waals surface area contributed by atoms with Gasteiger partial charge >= 0.3 is 0 Å². The van der Waals surface area contributed by atoms with E-state index in [2.05, 4.69) is 40.5 Å². The minimum atomic E-state index is 0.0523. The zero-order valence-electron chi connectivity index (χ0n) is 12.2. The highest BCUT2D eigenvalue weighted by atomic mass is 32.1.